The molecule has 0 radical (unpaired) electrons. The molecule has 2 nitrogen and oxygen atoms in total. The van der Waals surface area contributed by atoms with Crippen molar-refractivity contribution in [3.05, 3.63) is 0 Å². The summed E-state index contributed by atoms with van der Waals surface area (Å²) in [5.41, 5.74) is 0. The van der Waals surface area contributed by atoms with Crippen molar-refractivity contribution in [3.63, 3.8) is 0 Å². The molecule has 0 saturated heterocycles. The molecule has 0 spiro atoms. The van der Waals surface area contributed by atoms with E-state index in [4.69, 9.17) is 4.74 Å². The van der Waals surface area contributed by atoms with E-state index in [0.29, 0.717) is 18.9 Å². The average molecular weight is 256 g/mol. The van der Waals surface area contributed by atoms with Crippen LogP contribution < -0.4 is 0 Å². The van der Waals surface area contributed by atoms with Crippen molar-refractivity contribution in [2.24, 2.45) is 5.92 Å². The van der Waals surface area contributed by atoms with Crippen LogP contribution in [-0.4, -0.2) is 12.6 Å². The first-order chi connectivity index (χ1) is 8.70. The fourth-order valence-corrected chi connectivity index (χ4v) is 2.01. The van der Waals surface area contributed by atoms with E-state index in [1.54, 1.807) is 0 Å². The fraction of sp³-hybridized carbons (Fsp3) is 0.938. The SMILES string of the molecule is CCCCCCC(=O)OCC(C)CCCCCC. The zero-order chi connectivity index (χ0) is 13.6. The Hall–Kier alpha value is -0.530. The van der Waals surface area contributed by atoms with E-state index in [1.165, 1.54) is 44.9 Å². The van der Waals surface area contributed by atoms with Crippen LogP contribution in [0.1, 0.15) is 85.0 Å². The first-order valence-electron chi connectivity index (χ1n) is 7.86. The number of carbonyl (C=O) groups is 1. The van der Waals surface area contributed by atoms with E-state index >= 15 is 0 Å². The van der Waals surface area contributed by atoms with Gasteiger partial charge in [0.15, 0.2) is 0 Å². The lowest BCUT2D eigenvalue weighted by atomic mass is 10.0. The molecular weight excluding hydrogens is 224 g/mol. The van der Waals surface area contributed by atoms with Gasteiger partial charge >= 0.3 is 5.97 Å². The van der Waals surface area contributed by atoms with Crippen molar-refractivity contribution >= 4 is 5.97 Å². The molecular formula is C16H32O2. The number of esters is 1. The van der Waals surface area contributed by atoms with Gasteiger partial charge in [-0.05, 0) is 18.8 Å². The minimum absolute atomic E-state index is 0.00786. The summed E-state index contributed by atoms with van der Waals surface area (Å²) in [4.78, 5) is 11.5. The molecule has 0 aliphatic rings. The summed E-state index contributed by atoms with van der Waals surface area (Å²) in [7, 11) is 0. The third kappa shape index (κ3) is 11.9. The first kappa shape index (κ1) is 17.5. The van der Waals surface area contributed by atoms with E-state index in [9.17, 15) is 4.79 Å². The summed E-state index contributed by atoms with van der Waals surface area (Å²) >= 11 is 0. The second kappa shape index (κ2) is 12.9. The van der Waals surface area contributed by atoms with Crippen molar-refractivity contribution in [2.45, 2.75) is 85.0 Å². The number of carbonyl (C=O) groups excluding carboxylic acids is 1. The molecule has 0 saturated carbocycles. The van der Waals surface area contributed by atoms with Crippen molar-refractivity contribution in [2.75, 3.05) is 6.61 Å². The molecule has 0 fully saturated rings. The van der Waals surface area contributed by atoms with Gasteiger partial charge in [-0.25, -0.2) is 0 Å². The molecule has 0 bridgehead atoms. The Kier molecular flexibility index (Phi) is 12.5. The highest BCUT2D eigenvalue weighted by Crippen LogP contribution is 2.11. The molecule has 0 aromatic rings. The summed E-state index contributed by atoms with van der Waals surface area (Å²) in [6, 6.07) is 0. The zero-order valence-electron chi connectivity index (χ0n) is 12.7. The van der Waals surface area contributed by atoms with Crippen LogP contribution in [0.2, 0.25) is 0 Å². The molecule has 0 heterocycles. The van der Waals surface area contributed by atoms with Crippen LogP contribution in [0.25, 0.3) is 0 Å². The van der Waals surface area contributed by atoms with Crippen LogP contribution >= 0.6 is 0 Å². The summed E-state index contributed by atoms with van der Waals surface area (Å²) in [5, 5.41) is 0. The predicted molar refractivity (Wildman–Crippen MR) is 77.6 cm³/mol. The second-order valence-electron chi connectivity index (χ2n) is 5.45. The minimum Gasteiger partial charge on any atom is -0.465 e. The van der Waals surface area contributed by atoms with Gasteiger partial charge in [-0.1, -0.05) is 65.7 Å². The molecule has 0 aliphatic carbocycles. The summed E-state index contributed by atoms with van der Waals surface area (Å²) in [6.07, 6.45) is 11.5. The zero-order valence-corrected chi connectivity index (χ0v) is 12.7. The lowest BCUT2D eigenvalue weighted by Crippen LogP contribution is -2.11. The fourth-order valence-electron chi connectivity index (χ4n) is 2.01. The van der Waals surface area contributed by atoms with Crippen LogP contribution in [0.3, 0.4) is 0 Å². The maximum absolute atomic E-state index is 11.5. The van der Waals surface area contributed by atoms with E-state index in [-0.39, 0.29) is 5.97 Å². The van der Waals surface area contributed by atoms with E-state index < -0.39 is 0 Å². The van der Waals surface area contributed by atoms with E-state index in [1.807, 2.05) is 0 Å². The van der Waals surface area contributed by atoms with Gasteiger partial charge in [-0.2, -0.15) is 0 Å². The number of rotatable bonds is 12. The van der Waals surface area contributed by atoms with E-state index in [0.717, 1.165) is 12.8 Å². The van der Waals surface area contributed by atoms with Crippen molar-refractivity contribution in [1.29, 1.82) is 0 Å². The maximum atomic E-state index is 11.5. The summed E-state index contributed by atoms with van der Waals surface area (Å²) < 4.78 is 5.30. The quantitative estimate of drug-likeness (QED) is 0.358. The maximum Gasteiger partial charge on any atom is 0.305 e. The second-order valence-corrected chi connectivity index (χ2v) is 5.45. The molecule has 18 heavy (non-hydrogen) atoms. The molecule has 0 rings (SSSR count). The first-order valence-corrected chi connectivity index (χ1v) is 7.86. The predicted octanol–water partition coefficient (Wildman–Crippen LogP) is 5.11. The Morgan fingerprint density at radius 2 is 1.56 bits per heavy atom. The van der Waals surface area contributed by atoms with Gasteiger partial charge in [0.2, 0.25) is 0 Å². The van der Waals surface area contributed by atoms with Crippen LogP contribution in [0, 0.1) is 5.92 Å². The smallest absolute Gasteiger partial charge is 0.305 e. The lowest BCUT2D eigenvalue weighted by Gasteiger charge is -2.11. The normalized spacial score (nSPS) is 12.4. The van der Waals surface area contributed by atoms with Gasteiger partial charge in [-0.3, -0.25) is 4.79 Å². The van der Waals surface area contributed by atoms with Crippen LogP contribution in [0.15, 0.2) is 0 Å². The molecule has 0 N–H and O–H groups in total. The van der Waals surface area contributed by atoms with Gasteiger partial charge < -0.3 is 4.74 Å². The highest BCUT2D eigenvalue weighted by atomic mass is 16.5. The number of unbranched alkanes of at least 4 members (excludes halogenated alkanes) is 6. The molecule has 1 unspecified atom stereocenters. The summed E-state index contributed by atoms with van der Waals surface area (Å²) in [5.74, 6) is 0.507. The van der Waals surface area contributed by atoms with Crippen LogP contribution in [0.5, 0.6) is 0 Å². The van der Waals surface area contributed by atoms with Crippen LogP contribution in [-0.2, 0) is 9.53 Å². The van der Waals surface area contributed by atoms with Gasteiger partial charge in [0, 0.05) is 6.42 Å². The molecule has 108 valence electrons. The lowest BCUT2D eigenvalue weighted by molar-refractivity contribution is -0.145. The number of hydrogen-bond acceptors (Lipinski definition) is 2. The van der Waals surface area contributed by atoms with Crippen molar-refractivity contribution < 1.29 is 9.53 Å². The number of ether oxygens (including phenoxy) is 1. The molecule has 0 aromatic carbocycles. The monoisotopic (exact) mass is 256 g/mol. The molecule has 1 atom stereocenters. The topological polar surface area (TPSA) is 26.3 Å². The minimum atomic E-state index is -0.00786. The molecule has 0 aromatic heterocycles. The van der Waals surface area contributed by atoms with Gasteiger partial charge in [0.25, 0.3) is 0 Å². The Balaban J connectivity index is 3.35. The third-order valence-electron chi connectivity index (χ3n) is 3.31. The molecule has 0 aliphatic heterocycles. The molecule has 2 heteroatoms. The van der Waals surface area contributed by atoms with Crippen molar-refractivity contribution in [3.8, 4) is 0 Å². The van der Waals surface area contributed by atoms with E-state index in [2.05, 4.69) is 20.8 Å². The van der Waals surface area contributed by atoms with Crippen molar-refractivity contribution in [1.82, 2.24) is 0 Å². The Labute approximate surface area is 113 Å². The van der Waals surface area contributed by atoms with Gasteiger partial charge in [-0.15, -0.1) is 0 Å². The van der Waals surface area contributed by atoms with Gasteiger partial charge in [0.1, 0.15) is 0 Å². The third-order valence-corrected chi connectivity index (χ3v) is 3.31. The highest BCUT2D eigenvalue weighted by molar-refractivity contribution is 5.69. The standard InChI is InChI=1S/C16H32O2/c1-4-6-8-10-12-15(3)14-18-16(17)13-11-9-7-5-2/h15H,4-14H2,1-3H3. The van der Waals surface area contributed by atoms with Crippen LogP contribution in [0.4, 0.5) is 0 Å². The highest BCUT2D eigenvalue weighted by Gasteiger charge is 2.07. The molecule has 0 amide bonds. The van der Waals surface area contributed by atoms with Gasteiger partial charge in [0.05, 0.1) is 6.61 Å². The largest absolute Gasteiger partial charge is 0.465 e. The Bertz CT molecular complexity index is 190. The Morgan fingerprint density at radius 1 is 0.944 bits per heavy atom. The Morgan fingerprint density at radius 3 is 2.17 bits per heavy atom. The average Bonchev–Trinajstić information content (AvgIpc) is 2.37. The number of hydrogen-bond donors (Lipinski definition) is 0. The summed E-state index contributed by atoms with van der Waals surface area (Å²) in [6.45, 7) is 7.19.